The molecule has 4 N–H and O–H groups in total. The highest BCUT2D eigenvalue weighted by Gasteiger charge is 2.17. The summed E-state index contributed by atoms with van der Waals surface area (Å²) >= 11 is 0. The Labute approximate surface area is 103 Å². The molecule has 0 spiro atoms. The fourth-order valence-electron chi connectivity index (χ4n) is 2.31. The number of nitrogens with one attached hydrogen (secondary N) is 2. The zero-order valence-electron chi connectivity index (χ0n) is 10.5. The lowest BCUT2D eigenvalue weighted by atomic mass is 9.81. The van der Waals surface area contributed by atoms with Gasteiger partial charge in [-0.3, -0.25) is 10.1 Å². The first kappa shape index (κ1) is 14.0. The topological polar surface area (TPSA) is 84.2 Å². The lowest BCUT2D eigenvalue weighted by Gasteiger charge is -2.26. The molecule has 0 atom stereocenters. The summed E-state index contributed by atoms with van der Waals surface area (Å²) in [4.78, 5) is 21.5. The first-order valence-corrected chi connectivity index (χ1v) is 6.38. The van der Waals surface area contributed by atoms with Crippen LogP contribution in [0.4, 0.5) is 4.79 Å². The summed E-state index contributed by atoms with van der Waals surface area (Å²) in [5.74, 6) is 1.30. The van der Waals surface area contributed by atoms with E-state index in [2.05, 4.69) is 12.2 Å². The van der Waals surface area contributed by atoms with Gasteiger partial charge in [0.1, 0.15) is 0 Å². The van der Waals surface area contributed by atoms with Crippen LogP contribution < -0.4 is 16.4 Å². The quantitative estimate of drug-likeness (QED) is 0.627. The first-order valence-electron chi connectivity index (χ1n) is 6.38. The second-order valence-electron chi connectivity index (χ2n) is 5.00. The van der Waals surface area contributed by atoms with E-state index < -0.39 is 6.03 Å². The van der Waals surface area contributed by atoms with Gasteiger partial charge in [0, 0.05) is 0 Å². The lowest BCUT2D eigenvalue weighted by molar-refractivity contribution is -0.119. The molecule has 0 aromatic heterocycles. The average Bonchev–Trinajstić information content (AvgIpc) is 2.26. The maximum atomic E-state index is 11.1. The second kappa shape index (κ2) is 7.27. The summed E-state index contributed by atoms with van der Waals surface area (Å²) in [7, 11) is 0. The summed E-state index contributed by atoms with van der Waals surface area (Å²) in [6.45, 7) is 3.29. The van der Waals surface area contributed by atoms with Crippen molar-refractivity contribution in [3.05, 3.63) is 0 Å². The molecule has 0 saturated heterocycles. The van der Waals surface area contributed by atoms with Gasteiger partial charge in [-0.25, -0.2) is 4.79 Å². The Balaban J connectivity index is 2.00. The molecule has 0 aliphatic heterocycles. The molecule has 1 rings (SSSR count). The van der Waals surface area contributed by atoms with Crippen molar-refractivity contribution in [1.29, 1.82) is 0 Å². The largest absolute Gasteiger partial charge is 0.351 e. The van der Waals surface area contributed by atoms with Crippen LogP contribution >= 0.6 is 0 Å². The van der Waals surface area contributed by atoms with E-state index >= 15 is 0 Å². The summed E-state index contributed by atoms with van der Waals surface area (Å²) in [5, 5.41) is 5.05. The molecule has 3 amide bonds. The van der Waals surface area contributed by atoms with Crippen LogP contribution in [0.15, 0.2) is 0 Å². The van der Waals surface area contributed by atoms with Gasteiger partial charge >= 0.3 is 6.03 Å². The van der Waals surface area contributed by atoms with E-state index in [0.717, 1.165) is 24.8 Å². The molecule has 5 nitrogen and oxygen atoms in total. The number of carbonyl (C=O) groups excluding carboxylic acids is 2. The van der Waals surface area contributed by atoms with E-state index in [-0.39, 0.29) is 12.5 Å². The molecule has 1 aliphatic rings. The zero-order valence-corrected chi connectivity index (χ0v) is 10.5. The van der Waals surface area contributed by atoms with Gasteiger partial charge in [0.05, 0.1) is 6.54 Å². The molecule has 0 radical (unpaired) electrons. The van der Waals surface area contributed by atoms with Crippen molar-refractivity contribution < 1.29 is 9.59 Å². The van der Waals surface area contributed by atoms with E-state index in [0.29, 0.717) is 0 Å². The van der Waals surface area contributed by atoms with E-state index in [1.165, 1.54) is 25.7 Å². The van der Waals surface area contributed by atoms with Gasteiger partial charge in [-0.2, -0.15) is 0 Å². The predicted octanol–water partition coefficient (Wildman–Crippen LogP) is 0.987. The van der Waals surface area contributed by atoms with Gasteiger partial charge in [0.25, 0.3) is 0 Å². The van der Waals surface area contributed by atoms with Crippen LogP contribution in [-0.4, -0.2) is 25.0 Å². The molecule has 0 bridgehead atoms. The van der Waals surface area contributed by atoms with Gasteiger partial charge < -0.3 is 11.1 Å². The minimum Gasteiger partial charge on any atom is -0.351 e. The van der Waals surface area contributed by atoms with Crippen molar-refractivity contribution in [2.24, 2.45) is 17.6 Å². The number of hydrogen-bond donors (Lipinski definition) is 3. The number of urea groups is 1. The molecule has 98 valence electrons. The SMILES string of the molecule is CC1CCC(CCNCC(=O)NC(N)=O)CC1. The van der Waals surface area contributed by atoms with Crippen LogP contribution in [0.2, 0.25) is 0 Å². The van der Waals surface area contributed by atoms with Crippen LogP contribution in [-0.2, 0) is 4.79 Å². The third kappa shape index (κ3) is 6.26. The molecule has 1 fully saturated rings. The normalized spacial score (nSPS) is 24.3. The summed E-state index contributed by atoms with van der Waals surface area (Å²) in [6.07, 6.45) is 6.36. The highest BCUT2D eigenvalue weighted by molar-refractivity contribution is 5.94. The van der Waals surface area contributed by atoms with Crippen LogP contribution in [0.3, 0.4) is 0 Å². The highest BCUT2D eigenvalue weighted by atomic mass is 16.2. The molecular formula is C12H23N3O2. The molecule has 0 aromatic rings. The van der Waals surface area contributed by atoms with Crippen LogP contribution in [0, 0.1) is 11.8 Å². The number of nitrogens with two attached hydrogens (primary N) is 1. The van der Waals surface area contributed by atoms with Crippen LogP contribution in [0.5, 0.6) is 0 Å². The lowest BCUT2D eigenvalue weighted by Crippen LogP contribution is -2.41. The third-order valence-electron chi connectivity index (χ3n) is 3.41. The molecule has 1 saturated carbocycles. The van der Waals surface area contributed by atoms with Gasteiger partial charge in [0.15, 0.2) is 0 Å². The van der Waals surface area contributed by atoms with Crippen molar-refractivity contribution in [1.82, 2.24) is 10.6 Å². The fraction of sp³-hybridized carbons (Fsp3) is 0.833. The van der Waals surface area contributed by atoms with Crippen molar-refractivity contribution in [2.75, 3.05) is 13.1 Å². The smallest absolute Gasteiger partial charge is 0.318 e. The van der Waals surface area contributed by atoms with Crippen molar-refractivity contribution in [3.8, 4) is 0 Å². The minimum absolute atomic E-state index is 0.159. The van der Waals surface area contributed by atoms with Crippen LogP contribution in [0.1, 0.15) is 39.0 Å². The number of carbonyl (C=O) groups is 2. The maximum Gasteiger partial charge on any atom is 0.318 e. The van der Waals surface area contributed by atoms with E-state index in [1.54, 1.807) is 0 Å². The number of primary amides is 1. The average molecular weight is 241 g/mol. The standard InChI is InChI=1S/C12H23N3O2/c1-9-2-4-10(5-3-9)6-7-14-8-11(16)15-12(13)17/h9-10,14H,2-8H2,1H3,(H3,13,15,16,17). The molecule has 5 heteroatoms. The Morgan fingerprint density at radius 1 is 1.24 bits per heavy atom. The minimum atomic E-state index is -0.793. The molecule has 1 aliphatic carbocycles. The van der Waals surface area contributed by atoms with Gasteiger partial charge in [-0.1, -0.05) is 32.6 Å². The summed E-state index contributed by atoms with van der Waals surface area (Å²) < 4.78 is 0. The Morgan fingerprint density at radius 2 is 1.88 bits per heavy atom. The maximum absolute atomic E-state index is 11.1. The van der Waals surface area contributed by atoms with Crippen molar-refractivity contribution in [2.45, 2.75) is 39.0 Å². The van der Waals surface area contributed by atoms with Gasteiger partial charge in [-0.15, -0.1) is 0 Å². The van der Waals surface area contributed by atoms with Gasteiger partial charge in [0.2, 0.25) is 5.91 Å². The van der Waals surface area contributed by atoms with E-state index in [9.17, 15) is 9.59 Å². The van der Waals surface area contributed by atoms with Crippen LogP contribution in [0.25, 0.3) is 0 Å². The molecule has 0 heterocycles. The Morgan fingerprint density at radius 3 is 2.47 bits per heavy atom. The third-order valence-corrected chi connectivity index (χ3v) is 3.41. The number of imide groups is 1. The number of amides is 3. The molecule has 17 heavy (non-hydrogen) atoms. The number of rotatable bonds is 5. The Kier molecular flexibility index (Phi) is 5.97. The first-order chi connectivity index (χ1) is 8.08. The van der Waals surface area contributed by atoms with E-state index in [4.69, 9.17) is 5.73 Å². The second-order valence-corrected chi connectivity index (χ2v) is 5.00. The van der Waals surface area contributed by atoms with E-state index in [1.807, 2.05) is 5.32 Å². The molecular weight excluding hydrogens is 218 g/mol. The summed E-state index contributed by atoms with van der Waals surface area (Å²) in [6, 6.07) is -0.793. The van der Waals surface area contributed by atoms with Crippen molar-refractivity contribution >= 4 is 11.9 Å². The monoisotopic (exact) mass is 241 g/mol. The van der Waals surface area contributed by atoms with Crippen molar-refractivity contribution in [3.63, 3.8) is 0 Å². The predicted molar refractivity (Wildman–Crippen MR) is 66.3 cm³/mol. The zero-order chi connectivity index (χ0) is 12.7. The Hall–Kier alpha value is -1.10. The highest BCUT2D eigenvalue weighted by Crippen LogP contribution is 2.29. The Bertz CT molecular complexity index is 260. The summed E-state index contributed by atoms with van der Waals surface area (Å²) in [5.41, 5.74) is 4.83. The fourth-order valence-corrected chi connectivity index (χ4v) is 2.31. The van der Waals surface area contributed by atoms with Gasteiger partial charge in [-0.05, 0) is 24.8 Å². The number of hydrogen-bond acceptors (Lipinski definition) is 3. The molecule has 0 aromatic carbocycles. The molecule has 0 unspecified atom stereocenters.